The summed E-state index contributed by atoms with van der Waals surface area (Å²) in [4.78, 5) is 6.98. The molecule has 3 fully saturated rings. The Hall–Kier alpha value is -1.36. The summed E-state index contributed by atoms with van der Waals surface area (Å²) in [6.45, 7) is 7.18. The summed E-state index contributed by atoms with van der Waals surface area (Å²) in [7, 11) is 0. The van der Waals surface area contributed by atoms with Crippen LogP contribution in [0.4, 0.5) is 0 Å². The molecule has 3 saturated heterocycles. The molecule has 5 atom stereocenters. The van der Waals surface area contributed by atoms with Gasteiger partial charge in [-0.25, -0.2) is 0 Å². The van der Waals surface area contributed by atoms with Gasteiger partial charge in [0.1, 0.15) is 5.75 Å². The fourth-order valence-electron chi connectivity index (χ4n) is 4.84. The van der Waals surface area contributed by atoms with Crippen molar-refractivity contribution in [1.82, 2.24) is 9.88 Å². The van der Waals surface area contributed by atoms with Crippen LogP contribution in [0.1, 0.15) is 44.8 Å². The van der Waals surface area contributed by atoms with Crippen molar-refractivity contribution in [1.29, 1.82) is 0 Å². The highest BCUT2D eigenvalue weighted by Crippen LogP contribution is 2.42. The number of hydrogen-bond donors (Lipinski definition) is 1. The Bertz CT molecular complexity index is 754. The lowest BCUT2D eigenvalue weighted by Gasteiger charge is -2.51. The van der Waals surface area contributed by atoms with Crippen LogP contribution in [0.15, 0.2) is 30.5 Å². The second kappa shape index (κ2) is 8.12. The van der Waals surface area contributed by atoms with Gasteiger partial charge in [-0.2, -0.15) is 0 Å². The molecular weight excluding hydrogens is 348 g/mol. The zero-order chi connectivity index (χ0) is 17.4. The summed E-state index contributed by atoms with van der Waals surface area (Å²) < 4.78 is 5.65. The number of benzene rings is 1. The van der Waals surface area contributed by atoms with Crippen LogP contribution < -0.4 is 4.74 Å². The maximum Gasteiger partial charge on any atom is 0.120 e. The molecule has 1 aromatic carbocycles. The number of pyridine rings is 1. The number of ether oxygens (including phenoxy) is 1. The summed E-state index contributed by atoms with van der Waals surface area (Å²) in [5.41, 5.74) is 1.90. The van der Waals surface area contributed by atoms with Crippen LogP contribution in [0.25, 0.3) is 10.9 Å². The lowest BCUT2D eigenvalue weighted by Crippen LogP contribution is -2.55. The fourth-order valence-corrected chi connectivity index (χ4v) is 4.84. The summed E-state index contributed by atoms with van der Waals surface area (Å²) >= 11 is 0. The number of rotatable bonds is 5. The summed E-state index contributed by atoms with van der Waals surface area (Å²) in [5, 5.41) is 12.2. The van der Waals surface area contributed by atoms with E-state index >= 15 is 0 Å². The van der Waals surface area contributed by atoms with Crippen molar-refractivity contribution < 1.29 is 9.84 Å². The largest absolute Gasteiger partial charge is 0.494 e. The molecule has 0 saturated carbocycles. The van der Waals surface area contributed by atoms with E-state index in [2.05, 4.69) is 16.8 Å². The Morgan fingerprint density at radius 3 is 2.85 bits per heavy atom. The predicted molar refractivity (Wildman–Crippen MR) is 107 cm³/mol. The van der Waals surface area contributed by atoms with Crippen molar-refractivity contribution in [2.75, 3.05) is 19.7 Å². The van der Waals surface area contributed by atoms with Gasteiger partial charge < -0.3 is 9.84 Å². The van der Waals surface area contributed by atoms with Gasteiger partial charge in [-0.15, -0.1) is 12.4 Å². The summed E-state index contributed by atoms with van der Waals surface area (Å²) in [6, 6.07) is 8.16. The van der Waals surface area contributed by atoms with Gasteiger partial charge in [0.05, 0.1) is 18.2 Å². The highest BCUT2D eigenvalue weighted by Gasteiger charge is 2.42. The van der Waals surface area contributed by atoms with Gasteiger partial charge in [-0.3, -0.25) is 9.88 Å². The smallest absolute Gasteiger partial charge is 0.120 e. The number of halogens is 1. The standard InChI is InChI=1S/C21H28N2O2.ClH/c1-3-14-13-23-10-8-15(14)11-20(23)21(24)17-7-9-22-19-6-5-16(25-4-2)12-18(17)19;/h5-7,9,12,14-15,20-21,24H,3-4,8,10-11,13H2,1-2H3;1H/t14?,15?,20?,21-;/m1./s1. The van der Waals surface area contributed by atoms with Gasteiger partial charge in [0.25, 0.3) is 0 Å². The van der Waals surface area contributed by atoms with Gasteiger partial charge in [-0.05, 0) is 68.0 Å². The Morgan fingerprint density at radius 1 is 1.31 bits per heavy atom. The number of aromatic nitrogens is 1. The summed E-state index contributed by atoms with van der Waals surface area (Å²) in [5.74, 6) is 2.41. The fraction of sp³-hybridized carbons (Fsp3) is 0.571. The average molecular weight is 377 g/mol. The molecule has 142 valence electrons. The van der Waals surface area contributed by atoms with Crippen molar-refractivity contribution in [3.05, 3.63) is 36.0 Å². The second-order valence-corrected chi connectivity index (χ2v) is 7.47. The Kier molecular flexibility index (Phi) is 6.06. The van der Waals surface area contributed by atoms with Gasteiger partial charge in [-0.1, -0.05) is 13.3 Å². The molecule has 0 radical (unpaired) electrons. The minimum Gasteiger partial charge on any atom is -0.494 e. The van der Waals surface area contributed by atoms with E-state index in [0.29, 0.717) is 6.61 Å². The molecule has 4 nitrogen and oxygen atoms in total. The minimum absolute atomic E-state index is 0. The Morgan fingerprint density at radius 2 is 2.15 bits per heavy atom. The number of aliphatic hydroxyl groups excluding tert-OH is 1. The maximum atomic E-state index is 11.2. The van der Waals surface area contributed by atoms with Crippen LogP contribution in [0.5, 0.6) is 5.75 Å². The normalized spacial score (nSPS) is 28.6. The van der Waals surface area contributed by atoms with E-state index in [1.165, 1.54) is 12.8 Å². The molecule has 1 N–H and O–H groups in total. The molecule has 2 bridgehead atoms. The summed E-state index contributed by atoms with van der Waals surface area (Å²) in [6.07, 6.45) is 4.98. The molecule has 3 aliphatic heterocycles. The lowest BCUT2D eigenvalue weighted by molar-refractivity contribution is -0.0562. The van der Waals surface area contributed by atoms with E-state index in [-0.39, 0.29) is 18.4 Å². The van der Waals surface area contributed by atoms with Crippen molar-refractivity contribution >= 4 is 23.3 Å². The molecule has 26 heavy (non-hydrogen) atoms. The molecule has 2 aromatic rings. The van der Waals surface area contributed by atoms with Crippen LogP contribution in [0, 0.1) is 11.8 Å². The van der Waals surface area contributed by atoms with E-state index in [1.807, 2.05) is 37.4 Å². The first-order chi connectivity index (χ1) is 12.2. The molecule has 0 aliphatic carbocycles. The minimum atomic E-state index is -0.469. The first-order valence-corrected chi connectivity index (χ1v) is 9.64. The second-order valence-electron chi connectivity index (χ2n) is 7.47. The molecule has 5 heteroatoms. The first kappa shape index (κ1) is 19.4. The van der Waals surface area contributed by atoms with Crippen LogP contribution in [-0.2, 0) is 0 Å². The van der Waals surface area contributed by atoms with Crippen LogP contribution in [0.2, 0.25) is 0 Å². The van der Waals surface area contributed by atoms with E-state index in [1.54, 1.807) is 0 Å². The molecule has 3 aliphatic rings. The third kappa shape index (κ3) is 3.42. The first-order valence-electron chi connectivity index (χ1n) is 9.64. The SMILES string of the molecule is CCOc1ccc2nccc([C@@H](O)C3CC4CCN3CC4CC)c2c1.Cl. The predicted octanol–water partition coefficient (Wildman–Crippen LogP) is 4.21. The molecule has 4 heterocycles. The Labute approximate surface area is 162 Å². The monoisotopic (exact) mass is 376 g/mol. The molecule has 4 unspecified atom stereocenters. The topological polar surface area (TPSA) is 45.6 Å². The van der Waals surface area contributed by atoms with Crippen molar-refractivity contribution in [3.8, 4) is 5.75 Å². The molecule has 1 aromatic heterocycles. The number of piperidine rings is 3. The molecule has 0 spiro atoms. The zero-order valence-corrected chi connectivity index (χ0v) is 16.4. The van der Waals surface area contributed by atoms with Crippen LogP contribution >= 0.6 is 12.4 Å². The molecule has 0 amide bonds. The third-order valence-electron chi connectivity index (χ3n) is 6.20. The number of nitrogens with zero attached hydrogens (tertiary/aromatic N) is 2. The quantitative estimate of drug-likeness (QED) is 0.849. The van der Waals surface area contributed by atoms with Crippen molar-refractivity contribution in [2.45, 2.75) is 45.3 Å². The van der Waals surface area contributed by atoms with Crippen LogP contribution in [0.3, 0.4) is 0 Å². The maximum absolute atomic E-state index is 11.2. The van der Waals surface area contributed by atoms with Crippen molar-refractivity contribution in [3.63, 3.8) is 0 Å². The Balaban J connectivity index is 0.00000196. The average Bonchev–Trinajstić information content (AvgIpc) is 2.67. The van der Waals surface area contributed by atoms with Gasteiger partial charge in [0, 0.05) is 24.2 Å². The lowest BCUT2D eigenvalue weighted by atomic mass is 9.72. The van der Waals surface area contributed by atoms with E-state index in [0.717, 1.165) is 53.6 Å². The van der Waals surface area contributed by atoms with Gasteiger partial charge in [0.15, 0.2) is 0 Å². The van der Waals surface area contributed by atoms with E-state index in [9.17, 15) is 5.11 Å². The number of fused-ring (bicyclic) bond motifs is 4. The molecular formula is C21H29ClN2O2. The van der Waals surface area contributed by atoms with Crippen molar-refractivity contribution in [2.24, 2.45) is 11.8 Å². The van der Waals surface area contributed by atoms with E-state index < -0.39 is 6.10 Å². The van der Waals surface area contributed by atoms with Crippen LogP contribution in [-0.4, -0.2) is 40.7 Å². The zero-order valence-electron chi connectivity index (χ0n) is 15.6. The number of aliphatic hydroxyl groups is 1. The molecule has 5 rings (SSSR count). The third-order valence-corrected chi connectivity index (χ3v) is 6.20. The number of hydrogen-bond acceptors (Lipinski definition) is 4. The highest BCUT2D eigenvalue weighted by molar-refractivity contribution is 5.85. The van der Waals surface area contributed by atoms with Gasteiger partial charge >= 0.3 is 0 Å². The van der Waals surface area contributed by atoms with Gasteiger partial charge in [0.2, 0.25) is 0 Å². The highest BCUT2D eigenvalue weighted by atomic mass is 35.5. The van der Waals surface area contributed by atoms with E-state index in [4.69, 9.17) is 4.74 Å².